The number of benzene rings is 2. The van der Waals surface area contributed by atoms with Crippen molar-refractivity contribution in [1.82, 2.24) is 4.98 Å². The second kappa shape index (κ2) is 6.57. The molecule has 1 amide bonds. The Bertz CT molecular complexity index is 941. The quantitative estimate of drug-likeness (QED) is 0.746. The molecule has 1 aliphatic heterocycles. The first-order valence-corrected chi connectivity index (χ1v) is 8.48. The van der Waals surface area contributed by atoms with E-state index in [-0.39, 0.29) is 5.91 Å². The molecule has 1 aromatic heterocycles. The molecule has 5 heteroatoms. The Labute approximate surface area is 151 Å². The largest absolute Gasteiger partial charge is 0.325 e. The van der Waals surface area contributed by atoms with Gasteiger partial charge < -0.3 is 10.2 Å². The Morgan fingerprint density at radius 1 is 1.04 bits per heavy atom. The van der Waals surface area contributed by atoms with E-state index in [4.69, 9.17) is 11.6 Å². The van der Waals surface area contributed by atoms with Crippen LogP contribution in [0.15, 0.2) is 66.9 Å². The summed E-state index contributed by atoms with van der Waals surface area (Å²) in [6.07, 6.45) is 2.65. The molecule has 2 aromatic carbocycles. The van der Waals surface area contributed by atoms with Gasteiger partial charge in [-0.25, -0.2) is 4.98 Å². The highest BCUT2D eigenvalue weighted by molar-refractivity contribution is 6.34. The molecular weight excluding hydrogens is 334 g/mol. The van der Waals surface area contributed by atoms with Crippen LogP contribution in [0.5, 0.6) is 0 Å². The van der Waals surface area contributed by atoms with E-state index in [1.165, 1.54) is 5.56 Å². The van der Waals surface area contributed by atoms with Crippen molar-refractivity contribution in [3.05, 3.63) is 83.0 Å². The van der Waals surface area contributed by atoms with Crippen LogP contribution in [0.1, 0.15) is 15.9 Å². The number of hydrogen-bond donors (Lipinski definition) is 1. The fourth-order valence-corrected chi connectivity index (χ4v) is 3.28. The van der Waals surface area contributed by atoms with Crippen LogP contribution in [0.4, 0.5) is 17.2 Å². The third-order valence-corrected chi connectivity index (χ3v) is 4.63. The molecule has 0 radical (unpaired) electrons. The summed E-state index contributed by atoms with van der Waals surface area (Å²) in [7, 11) is 0. The molecular formula is C20H16ClN3O. The normalized spacial score (nSPS) is 12.8. The van der Waals surface area contributed by atoms with Crippen molar-refractivity contribution < 1.29 is 4.79 Å². The lowest BCUT2D eigenvalue weighted by molar-refractivity contribution is 0.102. The molecule has 1 N–H and O–H groups in total. The van der Waals surface area contributed by atoms with E-state index < -0.39 is 0 Å². The second-order valence-corrected chi connectivity index (χ2v) is 6.25. The van der Waals surface area contributed by atoms with Crippen molar-refractivity contribution in [3.63, 3.8) is 0 Å². The highest BCUT2D eigenvalue weighted by Gasteiger charge is 2.25. The fraction of sp³-hybridized carbons (Fsp3) is 0.100. The van der Waals surface area contributed by atoms with Crippen LogP contribution in [0, 0.1) is 0 Å². The van der Waals surface area contributed by atoms with Crippen LogP contribution in [0.3, 0.4) is 0 Å². The lowest BCUT2D eigenvalue weighted by Crippen LogP contribution is -2.21. The lowest BCUT2D eigenvalue weighted by atomic mass is 10.1. The SMILES string of the molecule is O=C(Nc1ccccc1Cl)c1cccnc1N1CCc2ccccc21. The maximum atomic E-state index is 12.8. The number of hydrogen-bond acceptors (Lipinski definition) is 3. The first kappa shape index (κ1) is 15.7. The zero-order chi connectivity index (χ0) is 17.2. The minimum atomic E-state index is -0.222. The summed E-state index contributed by atoms with van der Waals surface area (Å²) in [4.78, 5) is 19.4. The summed E-state index contributed by atoms with van der Waals surface area (Å²) < 4.78 is 0. The molecule has 25 heavy (non-hydrogen) atoms. The number of amides is 1. The van der Waals surface area contributed by atoms with Gasteiger partial charge in [0.05, 0.1) is 16.3 Å². The van der Waals surface area contributed by atoms with Crippen LogP contribution in [-0.2, 0) is 6.42 Å². The van der Waals surface area contributed by atoms with Crippen molar-refractivity contribution in [2.75, 3.05) is 16.8 Å². The van der Waals surface area contributed by atoms with Crippen LogP contribution in [0.2, 0.25) is 5.02 Å². The van der Waals surface area contributed by atoms with Gasteiger partial charge in [-0.05, 0) is 42.3 Å². The van der Waals surface area contributed by atoms with Gasteiger partial charge in [0.15, 0.2) is 0 Å². The number of rotatable bonds is 3. The third kappa shape index (κ3) is 2.96. The number of para-hydroxylation sites is 2. The van der Waals surface area contributed by atoms with Gasteiger partial charge in [0, 0.05) is 18.4 Å². The molecule has 0 atom stereocenters. The van der Waals surface area contributed by atoms with Gasteiger partial charge in [0.25, 0.3) is 5.91 Å². The molecule has 0 saturated carbocycles. The average Bonchev–Trinajstić information content (AvgIpc) is 3.07. The molecule has 0 spiro atoms. The summed E-state index contributed by atoms with van der Waals surface area (Å²) in [5, 5.41) is 3.38. The molecule has 0 unspecified atom stereocenters. The number of aromatic nitrogens is 1. The highest BCUT2D eigenvalue weighted by Crippen LogP contribution is 2.35. The molecule has 4 rings (SSSR count). The minimum absolute atomic E-state index is 0.222. The van der Waals surface area contributed by atoms with E-state index in [2.05, 4.69) is 27.3 Å². The van der Waals surface area contributed by atoms with Gasteiger partial charge in [-0.15, -0.1) is 0 Å². The Kier molecular flexibility index (Phi) is 4.12. The van der Waals surface area contributed by atoms with Gasteiger partial charge in [0.1, 0.15) is 5.82 Å². The number of carbonyl (C=O) groups is 1. The molecule has 124 valence electrons. The monoisotopic (exact) mass is 349 g/mol. The molecule has 0 bridgehead atoms. The van der Waals surface area contributed by atoms with Crippen molar-refractivity contribution in [2.45, 2.75) is 6.42 Å². The van der Waals surface area contributed by atoms with Crippen LogP contribution in [0.25, 0.3) is 0 Å². The Balaban J connectivity index is 1.68. The standard InChI is InChI=1S/C20H16ClN3O/c21-16-8-2-3-9-17(16)23-20(25)15-7-5-12-22-19(15)24-13-11-14-6-1-4-10-18(14)24/h1-10,12H,11,13H2,(H,23,25). The van der Waals surface area contributed by atoms with E-state index in [1.54, 1.807) is 30.5 Å². The number of fused-ring (bicyclic) bond motifs is 1. The molecule has 1 aliphatic rings. The van der Waals surface area contributed by atoms with Gasteiger partial charge in [0.2, 0.25) is 0 Å². The number of anilines is 3. The molecule has 4 nitrogen and oxygen atoms in total. The number of nitrogens with zero attached hydrogens (tertiary/aromatic N) is 2. The Morgan fingerprint density at radius 2 is 1.84 bits per heavy atom. The van der Waals surface area contributed by atoms with E-state index >= 15 is 0 Å². The van der Waals surface area contributed by atoms with Crippen molar-refractivity contribution >= 4 is 34.7 Å². The number of pyridine rings is 1. The fourth-order valence-electron chi connectivity index (χ4n) is 3.10. The number of nitrogens with one attached hydrogen (secondary N) is 1. The van der Waals surface area contributed by atoms with Gasteiger partial charge in [-0.1, -0.05) is 41.9 Å². The number of carbonyl (C=O) groups excluding carboxylic acids is 1. The summed E-state index contributed by atoms with van der Waals surface area (Å²) in [6, 6.07) is 19.0. The summed E-state index contributed by atoms with van der Waals surface area (Å²) in [6.45, 7) is 0.808. The zero-order valence-corrected chi connectivity index (χ0v) is 14.2. The first-order chi connectivity index (χ1) is 12.2. The second-order valence-electron chi connectivity index (χ2n) is 5.84. The molecule has 0 fully saturated rings. The summed E-state index contributed by atoms with van der Waals surface area (Å²) >= 11 is 6.15. The first-order valence-electron chi connectivity index (χ1n) is 8.10. The highest BCUT2D eigenvalue weighted by atomic mass is 35.5. The van der Waals surface area contributed by atoms with Crippen molar-refractivity contribution in [3.8, 4) is 0 Å². The molecule has 2 heterocycles. The maximum Gasteiger partial charge on any atom is 0.259 e. The predicted molar refractivity (Wildman–Crippen MR) is 101 cm³/mol. The maximum absolute atomic E-state index is 12.8. The third-order valence-electron chi connectivity index (χ3n) is 4.30. The summed E-state index contributed by atoms with van der Waals surface area (Å²) in [5.74, 6) is 0.442. The van der Waals surface area contributed by atoms with Gasteiger partial charge in [-0.2, -0.15) is 0 Å². The van der Waals surface area contributed by atoms with Crippen LogP contribution >= 0.6 is 11.6 Å². The lowest BCUT2D eigenvalue weighted by Gasteiger charge is -2.21. The average molecular weight is 350 g/mol. The topological polar surface area (TPSA) is 45.2 Å². The van der Waals surface area contributed by atoms with E-state index in [9.17, 15) is 4.79 Å². The van der Waals surface area contributed by atoms with Gasteiger partial charge >= 0.3 is 0 Å². The van der Waals surface area contributed by atoms with E-state index in [0.29, 0.717) is 22.1 Å². The Morgan fingerprint density at radius 3 is 2.72 bits per heavy atom. The summed E-state index contributed by atoms with van der Waals surface area (Å²) in [5.41, 5.74) is 3.49. The van der Waals surface area contributed by atoms with E-state index in [0.717, 1.165) is 18.7 Å². The van der Waals surface area contributed by atoms with Crippen LogP contribution in [-0.4, -0.2) is 17.4 Å². The molecule has 3 aromatic rings. The van der Waals surface area contributed by atoms with Gasteiger partial charge in [-0.3, -0.25) is 4.79 Å². The smallest absolute Gasteiger partial charge is 0.259 e. The Hall–Kier alpha value is -2.85. The molecule has 0 saturated heterocycles. The van der Waals surface area contributed by atoms with Crippen molar-refractivity contribution in [2.24, 2.45) is 0 Å². The van der Waals surface area contributed by atoms with E-state index in [1.807, 2.05) is 24.3 Å². The van der Waals surface area contributed by atoms with Crippen molar-refractivity contribution in [1.29, 1.82) is 0 Å². The van der Waals surface area contributed by atoms with Crippen LogP contribution < -0.4 is 10.2 Å². The number of halogens is 1. The molecule has 0 aliphatic carbocycles. The predicted octanol–water partition coefficient (Wildman–Crippen LogP) is 4.68. The minimum Gasteiger partial charge on any atom is -0.325 e. The zero-order valence-electron chi connectivity index (χ0n) is 13.4.